The summed E-state index contributed by atoms with van der Waals surface area (Å²) in [5, 5.41) is 4.51. The second kappa shape index (κ2) is 4.08. The molecular weight excluding hydrogens is 234 g/mol. The molecule has 19 heavy (non-hydrogen) atoms. The lowest BCUT2D eigenvalue weighted by Crippen LogP contribution is -2.55. The van der Waals surface area contributed by atoms with E-state index in [9.17, 15) is 0 Å². The van der Waals surface area contributed by atoms with Gasteiger partial charge in [-0.2, -0.15) is 5.10 Å². The summed E-state index contributed by atoms with van der Waals surface area (Å²) in [7, 11) is 0. The van der Waals surface area contributed by atoms with Crippen molar-refractivity contribution in [3.05, 3.63) is 18.0 Å². The lowest BCUT2D eigenvalue weighted by Gasteiger charge is -2.58. The summed E-state index contributed by atoms with van der Waals surface area (Å²) in [6.07, 6.45) is 10.7. The fourth-order valence-electron chi connectivity index (χ4n) is 5.59. The fraction of sp³-hybridized carbons (Fsp3) is 0.812. The smallest absolute Gasteiger partial charge is 0.0593 e. The molecule has 0 aromatic carbocycles. The zero-order valence-electron chi connectivity index (χ0n) is 11.9. The van der Waals surface area contributed by atoms with Crippen LogP contribution in [0.3, 0.4) is 0 Å². The predicted octanol–water partition coefficient (Wildman–Crippen LogP) is 2.74. The normalized spacial score (nSPS) is 41.7. The summed E-state index contributed by atoms with van der Waals surface area (Å²) in [6, 6.07) is 2.37. The second-order valence-corrected chi connectivity index (χ2v) is 7.57. The highest BCUT2D eigenvalue weighted by Gasteiger charge is 2.53. The van der Waals surface area contributed by atoms with Gasteiger partial charge in [0, 0.05) is 12.2 Å². The number of aryl methyl sites for hydroxylation is 1. The van der Waals surface area contributed by atoms with Crippen molar-refractivity contribution in [2.45, 2.75) is 58.0 Å². The Hall–Kier alpha value is -0.830. The van der Waals surface area contributed by atoms with E-state index < -0.39 is 0 Å². The molecule has 1 heterocycles. The van der Waals surface area contributed by atoms with Gasteiger partial charge >= 0.3 is 0 Å². The highest BCUT2D eigenvalue weighted by atomic mass is 15.3. The summed E-state index contributed by atoms with van der Waals surface area (Å²) in [4.78, 5) is 0. The van der Waals surface area contributed by atoms with E-state index in [4.69, 9.17) is 5.73 Å². The van der Waals surface area contributed by atoms with Gasteiger partial charge in [0.05, 0.1) is 12.2 Å². The van der Waals surface area contributed by atoms with Gasteiger partial charge in [-0.25, -0.2) is 0 Å². The van der Waals surface area contributed by atoms with Crippen molar-refractivity contribution in [2.75, 3.05) is 0 Å². The van der Waals surface area contributed by atoms with E-state index in [0.29, 0.717) is 11.5 Å². The van der Waals surface area contributed by atoms with Crippen molar-refractivity contribution < 1.29 is 0 Å². The van der Waals surface area contributed by atoms with Crippen LogP contribution in [0, 0.1) is 30.1 Å². The maximum Gasteiger partial charge on any atom is 0.0593 e. The van der Waals surface area contributed by atoms with Crippen molar-refractivity contribution in [1.29, 1.82) is 0 Å². The molecule has 5 rings (SSSR count). The van der Waals surface area contributed by atoms with E-state index >= 15 is 0 Å². The maximum absolute atomic E-state index is 6.65. The first-order valence-electron chi connectivity index (χ1n) is 7.89. The number of rotatable bonds is 3. The molecule has 4 aliphatic rings. The molecule has 0 spiro atoms. The maximum atomic E-state index is 6.65. The molecule has 4 aliphatic carbocycles. The number of hydrogen-bond acceptors (Lipinski definition) is 2. The Morgan fingerprint density at radius 1 is 1.26 bits per heavy atom. The van der Waals surface area contributed by atoms with Crippen LogP contribution in [0.5, 0.6) is 0 Å². The molecule has 3 nitrogen and oxygen atoms in total. The molecule has 1 aromatic rings. The molecular formula is C16H25N3. The van der Waals surface area contributed by atoms with Gasteiger partial charge in [-0.05, 0) is 74.7 Å². The van der Waals surface area contributed by atoms with Crippen LogP contribution in [0.25, 0.3) is 0 Å². The molecule has 0 saturated heterocycles. The molecule has 4 bridgehead atoms. The van der Waals surface area contributed by atoms with E-state index in [0.717, 1.165) is 30.0 Å². The van der Waals surface area contributed by atoms with Crippen molar-refractivity contribution in [3.8, 4) is 0 Å². The van der Waals surface area contributed by atoms with Crippen LogP contribution in [0.4, 0.5) is 0 Å². The highest BCUT2D eigenvalue weighted by Crippen LogP contribution is 2.61. The van der Waals surface area contributed by atoms with Crippen LogP contribution in [0.1, 0.15) is 44.2 Å². The molecule has 1 aromatic heterocycles. The molecule has 4 saturated carbocycles. The summed E-state index contributed by atoms with van der Waals surface area (Å²) < 4.78 is 2.05. The SMILES string of the molecule is Cc1ccn(CC(N)C23CC4CC(CC(C4)C2)C3)n1. The third-order valence-corrected chi connectivity index (χ3v) is 6.03. The fourth-order valence-corrected chi connectivity index (χ4v) is 5.59. The Morgan fingerprint density at radius 3 is 2.32 bits per heavy atom. The first kappa shape index (κ1) is 12.0. The Kier molecular flexibility index (Phi) is 2.57. The van der Waals surface area contributed by atoms with Gasteiger partial charge < -0.3 is 5.73 Å². The third kappa shape index (κ3) is 1.94. The van der Waals surface area contributed by atoms with Crippen LogP contribution in [-0.4, -0.2) is 15.8 Å². The van der Waals surface area contributed by atoms with E-state index in [1.54, 1.807) is 0 Å². The number of nitrogens with two attached hydrogens (primary N) is 1. The van der Waals surface area contributed by atoms with Gasteiger partial charge in [0.2, 0.25) is 0 Å². The van der Waals surface area contributed by atoms with Gasteiger partial charge in [-0.15, -0.1) is 0 Å². The van der Waals surface area contributed by atoms with Crippen molar-refractivity contribution >= 4 is 0 Å². The summed E-state index contributed by atoms with van der Waals surface area (Å²) in [5.41, 5.74) is 8.19. The summed E-state index contributed by atoms with van der Waals surface area (Å²) in [5.74, 6) is 2.95. The van der Waals surface area contributed by atoms with Crippen LogP contribution in [-0.2, 0) is 6.54 Å². The quantitative estimate of drug-likeness (QED) is 0.907. The van der Waals surface area contributed by atoms with Gasteiger partial charge in [0.1, 0.15) is 0 Å². The van der Waals surface area contributed by atoms with Crippen molar-refractivity contribution in [2.24, 2.45) is 28.9 Å². The standard InChI is InChI=1S/C16H25N3/c1-11-2-3-19(18-11)10-15(17)16-7-12-4-13(8-16)6-14(5-12)9-16/h2-3,12-15H,4-10,17H2,1H3. The highest BCUT2D eigenvalue weighted by molar-refractivity contribution is 5.05. The average Bonchev–Trinajstić information content (AvgIpc) is 2.73. The Morgan fingerprint density at radius 2 is 1.84 bits per heavy atom. The first-order valence-corrected chi connectivity index (χ1v) is 7.89. The molecule has 2 N–H and O–H groups in total. The molecule has 0 radical (unpaired) electrons. The first-order chi connectivity index (χ1) is 9.13. The van der Waals surface area contributed by atoms with E-state index in [1.165, 1.54) is 38.5 Å². The van der Waals surface area contributed by atoms with E-state index in [-0.39, 0.29) is 0 Å². The monoisotopic (exact) mass is 259 g/mol. The molecule has 3 heteroatoms. The van der Waals surface area contributed by atoms with E-state index in [1.807, 2.05) is 6.92 Å². The lowest BCUT2D eigenvalue weighted by molar-refractivity contribution is -0.0699. The molecule has 104 valence electrons. The zero-order valence-corrected chi connectivity index (χ0v) is 11.9. The Bertz CT molecular complexity index is 441. The van der Waals surface area contributed by atoms with E-state index in [2.05, 4.69) is 22.0 Å². The predicted molar refractivity (Wildman–Crippen MR) is 75.5 cm³/mol. The number of hydrogen-bond donors (Lipinski definition) is 1. The van der Waals surface area contributed by atoms with Gasteiger partial charge in [0.15, 0.2) is 0 Å². The van der Waals surface area contributed by atoms with Crippen LogP contribution in [0.15, 0.2) is 12.3 Å². The van der Waals surface area contributed by atoms with Gasteiger partial charge in [-0.1, -0.05) is 0 Å². The van der Waals surface area contributed by atoms with Crippen LogP contribution >= 0.6 is 0 Å². The van der Waals surface area contributed by atoms with Crippen LogP contribution in [0.2, 0.25) is 0 Å². The molecule has 0 aliphatic heterocycles. The minimum Gasteiger partial charge on any atom is -0.326 e. The van der Waals surface area contributed by atoms with Gasteiger partial charge in [-0.3, -0.25) is 4.68 Å². The lowest BCUT2D eigenvalue weighted by atomic mass is 9.48. The molecule has 1 atom stereocenters. The van der Waals surface area contributed by atoms with Gasteiger partial charge in [0.25, 0.3) is 0 Å². The molecule has 1 unspecified atom stereocenters. The Balaban J connectivity index is 1.54. The summed E-state index contributed by atoms with van der Waals surface area (Å²) in [6.45, 7) is 2.95. The minimum atomic E-state index is 0.292. The molecule has 0 amide bonds. The second-order valence-electron chi connectivity index (χ2n) is 7.57. The van der Waals surface area contributed by atoms with Crippen molar-refractivity contribution in [1.82, 2.24) is 9.78 Å². The topological polar surface area (TPSA) is 43.8 Å². The molecule has 4 fully saturated rings. The zero-order chi connectivity index (χ0) is 13.0. The Labute approximate surface area is 115 Å². The number of nitrogens with zero attached hydrogens (tertiary/aromatic N) is 2. The number of aromatic nitrogens is 2. The average molecular weight is 259 g/mol. The largest absolute Gasteiger partial charge is 0.326 e. The summed E-state index contributed by atoms with van der Waals surface area (Å²) >= 11 is 0. The third-order valence-electron chi connectivity index (χ3n) is 6.03. The minimum absolute atomic E-state index is 0.292. The van der Waals surface area contributed by atoms with Crippen molar-refractivity contribution in [3.63, 3.8) is 0 Å². The van der Waals surface area contributed by atoms with Crippen LogP contribution < -0.4 is 5.73 Å².